The van der Waals surface area contributed by atoms with E-state index in [1.807, 2.05) is 58.0 Å². The molecule has 2 N–H and O–H groups in total. The van der Waals surface area contributed by atoms with Crippen molar-refractivity contribution in [3.05, 3.63) is 70.2 Å². The van der Waals surface area contributed by atoms with Crippen LogP contribution in [0.2, 0.25) is 5.02 Å². The number of phenolic OH excluding ortho intramolecular Hbond substituents is 1. The van der Waals surface area contributed by atoms with Crippen LogP contribution in [0.5, 0.6) is 5.75 Å². The molecule has 5 nitrogen and oxygen atoms in total. The molecule has 0 saturated heterocycles. The van der Waals surface area contributed by atoms with Crippen molar-refractivity contribution >= 4 is 23.6 Å². The van der Waals surface area contributed by atoms with Gasteiger partial charge in [-0.15, -0.1) is 0 Å². The maximum absolute atomic E-state index is 12.4. The molecule has 0 saturated carbocycles. The lowest BCUT2D eigenvalue weighted by atomic mass is 9.96. The number of rotatable bonds is 9. The van der Waals surface area contributed by atoms with Crippen molar-refractivity contribution < 1.29 is 14.3 Å². The first kappa shape index (κ1) is 23.8. The van der Waals surface area contributed by atoms with Gasteiger partial charge in [-0.25, -0.2) is 0 Å². The summed E-state index contributed by atoms with van der Waals surface area (Å²) >= 11 is 6.48. The predicted molar refractivity (Wildman–Crippen MR) is 123 cm³/mol. The van der Waals surface area contributed by atoms with Crippen LogP contribution in [0.25, 0.3) is 6.08 Å². The second kappa shape index (κ2) is 10.5. The summed E-state index contributed by atoms with van der Waals surface area (Å²) in [5.74, 6) is 1.35. The number of amides is 1. The van der Waals surface area contributed by atoms with Gasteiger partial charge in [0.2, 0.25) is 5.91 Å². The molecule has 1 heterocycles. The molecule has 0 bridgehead atoms. The summed E-state index contributed by atoms with van der Waals surface area (Å²) in [6.07, 6.45) is 5.59. The molecule has 0 aliphatic rings. The third-order valence-electron chi connectivity index (χ3n) is 4.78. The van der Waals surface area contributed by atoms with E-state index in [1.54, 1.807) is 18.2 Å². The van der Waals surface area contributed by atoms with E-state index in [1.165, 1.54) is 0 Å². The largest absolute Gasteiger partial charge is 0.507 e. The highest BCUT2D eigenvalue weighted by molar-refractivity contribution is 6.32. The van der Waals surface area contributed by atoms with Crippen LogP contribution in [-0.2, 0) is 17.8 Å². The van der Waals surface area contributed by atoms with Crippen LogP contribution in [0.1, 0.15) is 48.1 Å². The number of hydrogen-bond donors (Lipinski definition) is 2. The summed E-state index contributed by atoms with van der Waals surface area (Å²) in [7, 11) is 3.93. The topological polar surface area (TPSA) is 65.7 Å². The average molecular weight is 431 g/mol. The number of hydrogen-bond acceptors (Lipinski definition) is 4. The molecule has 2 rings (SSSR count). The molecule has 1 amide bonds. The van der Waals surface area contributed by atoms with Crippen molar-refractivity contribution in [1.82, 2.24) is 10.2 Å². The average Bonchev–Trinajstić information content (AvgIpc) is 3.12. The molecule has 30 heavy (non-hydrogen) atoms. The van der Waals surface area contributed by atoms with Crippen molar-refractivity contribution in [3.8, 4) is 5.75 Å². The summed E-state index contributed by atoms with van der Waals surface area (Å²) in [6, 6.07) is 5.10. The molecule has 0 aliphatic heterocycles. The van der Waals surface area contributed by atoms with Crippen LogP contribution >= 0.6 is 11.6 Å². The van der Waals surface area contributed by atoms with Crippen molar-refractivity contribution in [2.24, 2.45) is 5.92 Å². The zero-order valence-electron chi connectivity index (χ0n) is 18.3. The molecule has 0 fully saturated rings. The minimum atomic E-state index is -0.424. The molecule has 1 unspecified atom stereocenters. The maximum Gasteiger partial charge on any atom is 0.223 e. The molecule has 0 radical (unpaired) electrons. The fourth-order valence-corrected chi connectivity index (χ4v) is 3.47. The SMILES string of the molecule is C=C/C=C\c1c(Cl)cc(CC(NC(=O)C(C)C)c2ccc(CN(C)C)o2)c(O)c1C. The molecule has 1 aromatic heterocycles. The second-order valence-corrected chi connectivity index (χ2v) is 8.37. The summed E-state index contributed by atoms with van der Waals surface area (Å²) in [5, 5.41) is 14.4. The standard InChI is InChI=1S/C24H31ClN2O3/c1-7-8-9-19-16(4)23(28)17(12-20(19)25)13-21(26-24(29)15(2)3)22-11-10-18(30-22)14-27(5)6/h7-12,15,21,28H,1,13-14H2,2-6H3,(H,26,29)/b9-8-. The van der Waals surface area contributed by atoms with Gasteiger partial charge in [0.05, 0.1) is 12.6 Å². The van der Waals surface area contributed by atoms with Gasteiger partial charge in [-0.05, 0) is 55.9 Å². The number of aromatic hydroxyl groups is 1. The van der Waals surface area contributed by atoms with E-state index >= 15 is 0 Å². The highest BCUT2D eigenvalue weighted by atomic mass is 35.5. The van der Waals surface area contributed by atoms with Gasteiger partial charge in [0.25, 0.3) is 0 Å². The van der Waals surface area contributed by atoms with Crippen molar-refractivity contribution in [2.75, 3.05) is 14.1 Å². The number of nitrogens with one attached hydrogen (secondary N) is 1. The van der Waals surface area contributed by atoms with Gasteiger partial charge in [0, 0.05) is 17.4 Å². The Hall–Kier alpha value is -2.50. The third-order valence-corrected chi connectivity index (χ3v) is 5.10. The first-order valence-electron chi connectivity index (χ1n) is 9.97. The zero-order chi connectivity index (χ0) is 22.4. The Kier molecular flexibility index (Phi) is 8.33. The zero-order valence-corrected chi connectivity index (χ0v) is 19.1. The Morgan fingerprint density at radius 1 is 1.37 bits per heavy atom. The predicted octanol–water partition coefficient (Wildman–Crippen LogP) is 5.26. The van der Waals surface area contributed by atoms with Gasteiger partial charge in [-0.2, -0.15) is 0 Å². The number of phenols is 1. The van der Waals surface area contributed by atoms with E-state index in [0.29, 0.717) is 34.9 Å². The third kappa shape index (κ3) is 6.00. The molecular formula is C24H31ClN2O3. The normalized spacial score (nSPS) is 12.7. The quantitative estimate of drug-likeness (QED) is 0.532. The summed E-state index contributed by atoms with van der Waals surface area (Å²) in [6.45, 7) is 9.82. The Morgan fingerprint density at radius 2 is 2.07 bits per heavy atom. The summed E-state index contributed by atoms with van der Waals surface area (Å²) in [5.41, 5.74) is 2.07. The Balaban J connectivity index is 2.40. The number of allylic oxidation sites excluding steroid dienone is 2. The molecule has 1 aromatic carbocycles. The van der Waals surface area contributed by atoms with Crippen LogP contribution in [0.3, 0.4) is 0 Å². The smallest absolute Gasteiger partial charge is 0.223 e. The number of nitrogens with zero attached hydrogens (tertiary/aromatic N) is 1. The van der Waals surface area contributed by atoms with Crippen LogP contribution < -0.4 is 5.32 Å². The van der Waals surface area contributed by atoms with Crippen LogP contribution in [0.15, 0.2) is 41.3 Å². The van der Waals surface area contributed by atoms with Gasteiger partial charge in [0.15, 0.2) is 0 Å². The minimum absolute atomic E-state index is 0.0848. The van der Waals surface area contributed by atoms with Gasteiger partial charge >= 0.3 is 0 Å². The number of carbonyl (C=O) groups is 1. The molecule has 162 valence electrons. The van der Waals surface area contributed by atoms with E-state index in [9.17, 15) is 9.90 Å². The fraction of sp³-hybridized carbons (Fsp3) is 0.375. The highest BCUT2D eigenvalue weighted by Gasteiger charge is 2.23. The van der Waals surface area contributed by atoms with Crippen LogP contribution in [0, 0.1) is 12.8 Å². The van der Waals surface area contributed by atoms with Gasteiger partial charge in [-0.1, -0.05) is 50.3 Å². The number of furan rings is 1. The first-order valence-corrected chi connectivity index (χ1v) is 10.4. The van der Waals surface area contributed by atoms with E-state index < -0.39 is 6.04 Å². The lowest BCUT2D eigenvalue weighted by molar-refractivity contribution is -0.124. The molecular weight excluding hydrogens is 400 g/mol. The molecule has 6 heteroatoms. The maximum atomic E-state index is 12.4. The van der Waals surface area contributed by atoms with Crippen molar-refractivity contribution in [3.63, 3.8) is 0 Å². The Labute approximate surface area is 184 Å². The van der Waals surface area contributed by atoms with E-state index in [2.05, 4.69) is 11.9 Å². The van der Waals surface area contributed by atoms with Crippen LogP contribution in [-0.4, -0.2) is 30.0 Å². The lowest BCUT2D eigenvalue weighted by Crippen LogP contribution is -2.33. The summed E-state index contributed by atoms with van der Waals surface area (Å²) < 4.78 is 5.99. The van der Waals surface area contributed by atoms with E-state index in [0.717, 1.165) is 11.3 Å². The first-order chi connectivity index (χ1) is 14.1. The van der Waals surface area contributed by atoms with Gasteiger partial charge in [-0.3, -0.25) is 4.79 Å². The summed E-state index contributed by atoms with van der Waals surface area (Å²) in [4.78, 5) is 14.4. The van der Waals surface area contributed by atoms with E-state index in [4.69, 9.17) is 16.0 Å². The van der Waals surface area contributed by atoms with E-state index in [-0.39, 0.29) is 17.6 Å². The number of benzene rings is 1. The van der Waals surface area contributed by atoms with Crippen molar-refractivity contribution in [2.45, 2.75) is 39.8 Å². The highest BCUT2D eigenvalue weighted by Crippen LogP contribution is 2.35. The minimum Gasteiger partial charge on any atom is -0.507 e. The monoisotopic (exact) mass is 430 g/mol. The number of carbonyl (C=O) groups excluding carboxylic acids is 1. The molecule has 2 aromatic rings. The fourth-order valence-electron chi connectivity index (χ4n) is 3.13. The Morgan fingerprint density at radius 3 is 2.67 bits per heavy atom. The van der Waals surface area contributed by atoms with Crippen molar-refractivity contribution in [1.29, 1.82) is 0 Å². The molecule has 1 atom stereocenters. The Bertz CT molecular complexity index is 929. The van der Waals surface area contributed by atoms with Gasteiger partial charge < -0.3 is 19.7 Å². The molecule has 0 aliphatic carbocycles. The van der Waals surface area contributed by atoms with Crippen LogP contribution in [0.4, 0.5) is 0 Å². The van der Waals surface area contributed by atoms with Gasteiger partial charge in [0.1, 0.15) is 17.3 Å². The molecule has 0 spiro atoms. The second-order valence-electron chi connectivity index (χ2n) is 7.96. The number of halogens is 1. The lowest BCUT2D eigenvalue weighted by Gasteiger charge is -2.20.